The minimum absolute atomic E-state index is 0.131. The molecule has 0 saturated carbocycles. The highest BCUT2D eigenvalue weighted by molar-refractivity contribution is 6.23. The SMILES string of the molecule is CCC(C)N(C(=O)c1ccc([N+](=O)[O-])cc1)C1CC(=O)N(c2ccc(OC)cc2)C1=O. The van der Waals surface area contributed by atoms with Gasteiger partial charge >= 0.3 is 0 Å². The first-order valence-corrected chi connectivity index (χ1v) is 9.86. The molecule has 1 aliphatic rings. The molecule has 0 bridgehead atoms. The molecule has 2 atom stereocenters. The molecule has 162 valence electrons. The number of benzene rings is 2. The molecule has 1 heterocycles. The van der Waals surface area contributed by atoms with E-state index >= 15 is 0 Å². The van der Waals surface area contributed by atoms with Gasteiger partial charge in [-0.15, -0.1) is 0 Å². The Morgan fingerprint density at radius 2 is 1.81 bits per heavy atom. The molecule has 2 aromatic rings. The average Bonchev–Trinajstić information content (AvgIpc) is 3.07. The molecule has 3 rings (SSSR count). The first kappa shape index (κ1) is 21.9. The van der Waals surface area contributed by atoms with Crippen molar-refractivity contribution >= 4 is 29.1 Å². The first-order valence-electron chi connectivity index (χ1n) is 9.86. The number of hydrogen-bond acceptors (Lipinski definition) is 6. The number of rotatable bonds is 7. The third-order valence-electron chi connectivity index (χ3n) is 5.41. The molecule has 2 unspecified atom stereocenters. The van der Waals surface area contributed by atoms with Crippen LogP contribution in [0.5, 0.6) is 5.75 Å². The van der Waals surface area contributed by atoms with E-state index in [1.54, 1.807) is 31.2 Å². The van der Waals surface area contributed by atoms with Gasteiger partial charge in [-0.2, -0.15) is 0 Å². The summed E-state index contributed by atoms with van der Waals surface area (Å²) in [4.78, 5) is 52.0. The van der Waals surface area contributed by atoms with Crippen molar-refractivity contribution in [2.24, 2.45) is 0 Å². The van der Waals surface area contributed by atoms with Crippen LogP contribution in [0.2, 0.25) is 0 Å². The van der Waals surface area contributed by atoms with E-state index < -0.39 is 28.7 Å². The second kappa shape index (κ2) is 8.95. The van der Waals surface area contributed by atoms with Gasteiger partial charge in [-0.25, -0.2) is 4.90 Å². The minimum Gasteiger partial charge on any atom is -0.497 e. The molecule has 31 heavy (non-hydrogen) atoms. The Kier molecular flexibility index (Phi) is 6.33. The van der Waals surface area contributed by atoms with Crippen LogP contribution >= 0.6 is 0 Å². The lowest BCUT2D eigenvalue weighted by atomic mass is 10.1. The first-order chi connectivity index (χ1) is 14.8. The lowest BCUT2D eigenvalue weighted by Gasteiger charge is -2.33. The van der Waals surface area contributed by atoms with Crippen molar-refractivity contribution in [3.63, 3.8) is 0 Å². The van der Waals surface area contributed by atoms with Gasteiger partial charge in [0.2, 0.25) is 5.91 Å². The van der Waals surface area contributed by atoms with Crippen LogP contribution in [-0.2, 0) is 9.59 Å². The number of nitro benzene ring substituents is 1. The zero-order valence-electron chi connectivity index (χ0n) is 17.5. The maximum Gasteiger partial charge on any atom is 0.269 e. The van der Waals surface area contributed by atoms with Crippen molar-refractivity contribution in [1.29, 1.82) is 0 Å². The van der Waals surface area contributed by atoms with E-state index in [2.05, 4.69) is 0 Å². The molecule has 0 spiro atoms. The van der Waals surface area contributed by atoms with Crippen LogP contribution in [0.15, 0.2) is 48.5 Å². The van der Waals surface area contributed by atoms with Crippen LogP contribution in [-0.4, -0.2) is 46.7 Å². The normalized spacial score (nSPS) is 16.9. The highest BCUT2D eigenvalue weighted by atomic mass is 16.6. The lowest BCUT2D eigenvalue weighted by Crippen LogP contribution is -2.49. The Morgan fingerprint density at radius 1 is 1.19 bits per heavy atom. The molecule has 9 heteroatoms. The number of anilines is 1. The molecule has 0 N–H and O–H groups in total. The number of nitrogens with zero attached hydrogens (tertiary/aromatic N) is 3. The Morgan fingerprint density at radius 3 is 2.32 bits per heavy atom. The van der Waals surface area contributed by atoms with Crippen molar-refractivity contribution in [3.05, 3.63) is 64.2 Å². The van der Waals surface area contributed by atoms with Crippen LogP contribution in [0.3, 0.4) is 0 Å². The number of carbonyl (C=O) groups is 3. The number of amides is 3. The third-order valence-corrected chi connectivity index (χ3v) is 5.41. The number of carbonyl (C=O) groups excluding carboxylic acids is 3. The predicted octanol–water partition coefficient (Wildman–Crippen LogP) is 3.18. The van der Waals surface area contributed by atoms with E-state index in [0.29, 0.717) is 17.9 Å². The third kappa shape index (κ3) is 4.25. The van der Waals surface area contributed by atoms with Crippen molar-refractivity contribution in [2.45, 2.75) is 38.8 Å². The van der Waals surface area contributed by atoms with Gasteiger partial charge in [-0.1, -0.05) is 6.92 Å². The summed E-state index contributed by atoms with van der Waals surface area (Å²) >= 11 is 0. The number of ether oxygens (including phenoxy) is 1. The fourth-order valence-corrected chi connectivity index (χ4v) is 3.56. The quantitative estimate of drug-likeness (QED) is 0.383. The summed E-state index contributed by atoms with van der Waals surface area (Å²) in [6.07, 6.45) is 0.438. The minimum atomic E-state index is -0.952. The van der Waals surface area contributed by atoms with Gasteiger partial charge in [0.05, 0.1) is 24.1 Å². The smallest absolute Gasteiger partial charge is 0.269 e. The Balaban J connectivity index is 1.91. The number of methoxy groups -OCH3 is 1. The topological polar surface area (TPSA) is 110 Å². The molecule has 1 aliphatic heterocycles. The van der Waals surface area contributed by atoms with Gasteiger partial charge < -0.3 is 9.64 Å². The molecule has 1 saturated heterocycles. The second-order valence-corrected chi connectivity index (χ2v) is 7.26. The van der Waals surface area contributed by atoms with Crippen LogP contribution in [0.1, 0.15) is 37.0 Å². The summed E-state index contributed by atoms with van der Waals surface area (Å²) in [7, 11) is 1.52. The molecular formula is C22H23N3O6. The Bertz CT molecular complexity index is 1000. The molecule has 2 aromatic carbocycles. The van der Waals surface area contributed by atoms with E-state index in [1.165, 1.54) is 36.3 Å². The average molecular weight is 425 g/mol. The molecule has 0 radical (unpaired) electrons. The molecule has 3 amide bonds. The summed E-state index contributed by atoms with van der Waals surface area (Å²) in [6, 6.07) is 10.5. The van der Waals surface area contributed by atoms with Crippen LogP contribution in [0.25, 0.3) is 0 Å². The highest BCUT2D eigenvalue weighted by Gasteiger charge is 2.45. The van der Waals surface area contributed by atoms with Gasteiger partial charge in [-0.05, 0) is 49.7 Å². The Labute approximate surface area is 179 Å². The fraction of sp³-hybridized carbons (Fsp3) is 0.318. The largest absolute Gasteiger partial charge is 0.497 e. The van der Waals surface area contributed by atoms with Gasteiger partial charge in [0, 0.05) is 23.7 Å². The number of non-ortho nitro benzene ring substituents is 1. The van der Waals surface area contributed by atoms with Crippen LogP contribution < -0.4 is 9.64 Å². The molecule has 1 fully saturated rings. The van der Waals surface area contributed by atoms with E-state index in [-0.39, 0.29) is 23.7 Å². The van der Waals surface area contributed by atoms with Gasteiger partial charge in [0.25, 0.3) is 17.5 Å². The lowest BCUT2D eigenvalue weighted by molar-refractivity contribution is -0.384. The van der Waals surface area contributed by atoms with E-state index in [1.807, 2.05) is 6.92 Å². The molecule has 0 aliphatic carbocycles. The summed E-state index contributed by atoms with van der Waals surface area (Å²) < 4.78 is 5.11. The summed E-state index contributed by atoms with van der Waals surface area (Å²) in [5.41, 5.74) is 0.490. The van der Waals surface area contributed by atoms with Crippen molar-refractivity contribution in [3.8, 4) is 5.75 Å². The number of hydrogen-bond donors (Lipinski definition) is 0. The van der Waals surface area contributed by atoms with E-state index in [4.69, 9.17) is 4.74 Å². The zero-order valence-corrected chi connectivity index (χ0v) is 17.5. The van der Waals surface area contributed by atoms with Gasteiger partial charge in [-0.3, -0.25) is 24.5 Å². The van der Waals surface area contributed by atoms with Crippen molar-refractivity contribution < 1.29 is 24.0 Å². The summed E-state index contributed by atoms with van der Waals surface area (Å²) in [5, 5.41) is 10.9. The van der Waals surface area contributed by atoms with Gasteiger partial charge in [0.1, 0.15) is 11.8 Å². The molecule has 9 nitrogen and oxygen atoms in total. The van der Waals surface area contributed by atoms with Crippen LogP contribution in [0, 0.1) is 10.1 Å². The highest BCUT2D eigenvalue weighted by Crippen LogP contribution is 2.29. The maximum atomic E-state index is 13.2. The monoisotopic (exact) mass is 425 g/mol. The molecule has 0 aromatic heterocycles. The number of nitro groups is 1. The van der Waals surface area contributed by atoms with Crippen molar-refractivity contribution in [2.75, 3.05) is 12.0 Å². The predicted molar refractivity (Wildman–Crippen MR) is 113 cm³/mol. The van der Waals surface area contributed by atoms with Crippen molar-refractivity contribution in [1.82, 2.24) is 4.90 Å². The maximum absolute atomic E-state index is 13.2. The molecular weight excluding hydrogens is 402 g/mol. The summed E-state index contributed by atoms with van der Waals surface area (Å²) in [5.74, 6) is -0.739. The van der Waals surface area contributed by atoms with Gasteiger partial charge in [0.15, 0.2) is 0 Å². The summed E-state index contributed by atoms with van der Waals surface area (Å²) in [6.45, 7) is 3.68. The van der Waals surface area contributed by atoms with E-state index in [9.17, 15) is 24.5 Å². The van der Waals surface area contributed by atoms with E-state index in [0.717, 1.165) is 4.90 Å². The second-order valence-electron chi connectivity index (χ2n) is 7.26. The van der Waals surface area contributed by atoms with Crippen LogP contribution in [0.4, 0.5) is 11.4 Å². The fourth-order valence-electron chi connectivity index (χ4n) is 3.56. The zero-order chi connectivity index (χ0) is 22.7. The standard InChI is InChI=1S/C22H23N3O6/c1-4-14(2)23(21(27)15-5-7-17(8-6-15)25(29)30)19-13-20(26)24(22(19)28)16-9-11-18(31-3)12-10-16/h5-12,14,19H,4,13H2,1-3H3. The number of imide groups is 1. The Hall–Kier alpha value is -3.75.